The van der Waals surface area contributed by atoms with E-state index >= 15 is 0 Å². The van der Waals surface area contributed by atoms with Crippen LogP contribution in [0.15, 0.2) is 24.3 Å². The van der Waals surface area contributed by atoms with Crippen LogP contribution in [0.25, 0.3) is 0 Å². The van der Waals surface area contributed by atoms with Gasteiger partial charge in [-0.15, -0.1) is 0 Å². The fraction of sp³-hybridized carbons (Fsp3) is 0.538. The first-order valence-electron chi connectivity index (χ1n) is 5.73. The van der Waals surface area contributed by atoms with Crippen molar-refractivity contribution in [1.82, 2.24) is 0 Å². The molecule has 90 valence electrons. The minimum absolute atomic E-state index is 0.245. The minimum atomic E-state index is -1.69. The minimum Gasteiger partial charge on any atom is -0.544 e. The van der Waals surface area contributed by atoms with Crippen molar-refractivity contribution in [1.29, 1.82) is 0 Å². The van der Waals surface area contributed by atoms with Crippen molar-refractivity contribution in [2.24, 2.45) is 0 Å². The van der Waals surface area contributed by atoms with Crippen molar-refractivity contribution in [3.05, 3.63) is 24.3 Å². The van der Waals surface area contributed by atoms with Crippen LogP contribution in [0.2, 0.25) is 18.1 Å². The summed E-state index contributed by atoms with van der Waals surface area (Å²) in [6, 6.07) is 8.16. The molecule has 0 heterocycles. The van der Waals surface area contributed by atoms with Crippen molar-refractivity contribution in [3.63, 3.8) is 0 Å². The van der Waals surface area contributed by atoms with Gasteiger partial charge in [0.2, 0.25) is 8.32 Å². The quantitative estimate of drug-likeness (QED) is 0.799. The smallest absolute Gasteiger partial charge is 0.250 e. The third-order valence-electron chi connectivity index (χ3n) is 3.32. The predicted molar refractivity (Wildman–Crippen MR) is 73.8 cm³/mol. The second kappa shape index (κ2) is 4.50. The Bertz CT molecular complexity index is 338. The highest BCUT2D eigenvalue weighted by Crippen LogP contribution is 2.37. The van der Waals surface area contributed by atoms with Crippen molar-refractivity contribution < 1.29 is 4.43 Å². The van der Waals surface area contributed by atoms with Crippen LogP contribution in [0, 0.1) is 0 Å². The topological polar surface area (TPSA) is 21.3 Å². The molecular formula is C13H23NOSi. The van der Waals surface area contributed by atoms with E-state index in [0.29, 0.717) is 0 Å². The van der Waals surface area contributed by atoms with Gasteiger partial charge in [0.05, 0.1) is 0 Å². The van der Waals surface area contributed by atoms with Crippen molar-refractivity contribution >= 4 is 14.0 Å². The first-order chi connectivity index (χ1) is 7.26. The molecule has 0 fully saturated rings. The van der Waals surface area contributed by atoms with Crippen LogP contribution >= 0.6 is 0 Å². The number of nitrogens with one attached hydrogen (secondary N) is 1. The van der Waals surface area contributed by atoms with Gasteiger partial charge in [-0.1, -0.05) is 20.8 Å². The number of benzene rings is 1. The fourth-order valence-electron chi connectivity index (χ4n) is 1.14. The van der Waals surface area contributed by atoms with E-state index in [1.54, 1.807) is 0 Å². The molecule has 0 aromatic heterocycles. The van der Waals surface area contributed by atoms with E-state index in [4.69, 9.17) is 4.43 Å². The third kappa shape index (κ3) is 3.01. The molecule has 0 spiro atoms. The van der Waals surface area contributed by atoms with Gasteiger partial charge in [0.25, 0.3) is 0 Å². The van der Waals surface area contributed by atoms with Gasteiger partial charge in [0.1, 0.15) is 5.75 Å². The second-order valence-electron chi connectivity index (χ2n) is 5.64. The van der Waals surface area contributed by atoms with Gasteiger partial charge in [-0.25, -0.2) is 0 Å². The molecule has 1 aromatic rings. The summed E-state index contributed by atoms with van der Waals surface area (Å²) < 4.78 is 6.18. The number of hydrogen-bond acceptors (Lipinski definition) is 2. The van der Waals surface area contributed by atoms with Gasteiger partial charge in [0, 0.05) is 12.7 Å². The Hall–Kier alpha value is -0.963. The number of hydrogen-bond donors (Lipinski definition) is 1. The highest BCUT2D eigenvalue weighted by Gasteiger charge is 2.38. The average molecular weight is 237 g/mol. The van der Waals surface area contributed by atoms with Crippen molar-refractivity contribution in [3.8, 4) is 5.75 Å². The maximum Gasteiger partial charge on any atom is 0.250 e. The molecule has 0 saturated heterocycles. The Labute approximate surface area is 100 Å². The highest BCUT2D eigenvalue weighted by molar-refractivity contribution is 6.74. The monoisotopic (exact) mass is 237 g/mol. The van der Waals surface area contributed by atoms with Crippen LogP contribution in [0.1, 0.15) is 20.8 Å². The molecule has 3 heteroatoms. The summed E-state index contributed by atoms with van der Waals surface area (Å²) in [5.74, 6) is 0.977. The summed E-state index contributed by atoms with van der Waals surface area (Å²) in [7, 11) is 0.227. The molecule has 0 aliphatic heterocycles. The Morgan fingerprint density at radius 1 is 1.06 bits per heavy atom. The largest absolute Gasteiger partial charge is 0.544 e. The summed E-state index contributed by atoms with van der Waals surface area (Å²) in [5, 5.41) is 3.35. The normalized spacial score (nSPS) is 12.4. The van der Waals surface area contributed by atoms with Gasteiger partial charge in [-0.2, -0.15) is 0 Å². The Balaban J connectivity index is 2.80. The molecular weight excluding hydrogens is 214 g/mol. The third-order valence-corrected chi connectivity index (χ3v) is 7.68. The summed E-state index contributed by atoms with van der Waals surface area (Å²) in [6.45, 7) is 11.3. The lowest BCUT2D eigenvalue weighted by Crippen LogP contribution is -2.43. The summed E-state index contributed by atoms with van der Waals surface area (Å²) in [6.07, 6.45) is 0. The maximum atomic E-state index is 6.18. The molecule has 0 amide bonds. The lowest BCUT2D eigenvalue weighted by atomic mass is 10.2. The standard InChI is InChI=1S/C13H23NOSi/c1-13(2,3)16(5,6)15-12-9-7-11(14-4)8-10-12/h7-10,14H,1-6H3. The van der Waals surface area contributed by atoms with Crippen LogP contribution in [0.5, 0.6) is 5.75 Å². The molecule has 0 bridgehead atoms. The highest BCUT2D eigenvalue weighted by atomic mass is 28.4. The summed E-state index contributed by atoms with van der Waals surface area (Å²) >= 11 is 0. The Kier molecular flexibility index (Phi) is 3.68. The van der Waals surface area contributed by atoms with Crippen molar-refractivity contribution in [2.45, 2.75) is 38.9 Å². The van der Waals surface area contributed by atoms with Gasteiger partial charge >= 0.3 is 0 Å². The molecule has 0 saturated carbocycles. The van der Waals surface area contributed by atoms with E-state index in [1.165, 1.54) is 0 Å². The number of anilines is 1. The van der Waals surface area contributed by atoms with Crippen LogP contribution in [0.4, 0.5) is 5.69 Å². The van der Waals surface area contributed by atoms with Crippen LogP contribution < -0.4 is 9.74 Å². The van der Waals surface area contributed by atoms with E-state index in [9.17, 15) is 0 Å². The van der Waals surface area contributed by atoms with Crippen LogP contribution in [-0.4, -0.2) is 15.4 Å². The zero-order valence-corrected chi connectivity index (χ0v) is 12.2. The lowest BCUT2D eigenvalue weighted by molar-refractivity contribution is 0.492. The molecule has 0 aliphatic carbocycles. The Morgan fingerprint density at radius 2 is 1.56 bits per heavy atom. The van der Waals surface area contributed by atoms with Gasteiger partial charge in [0.15, 0.2) is 0 Å². The van der Waals surface area contributed by atoms with Gasteiger partial charge in [-0.05, 0) is 42.4 Å². The lowest BCUT2D eigenvalue weighted by Gasteiger charge is -2.36. The van der Waals surface area contributed by atoms with Crippen molar-refractivity contribution in [2.75, 3.05) is 12.4 Å². The molecule has 0 radical (unpaired) electrons. The van der Waals surface area contributed by atoms with Crippen LogP contribution in [-0.2, 0) is 0 Å². The maximum absolute atomic E-state index is 6.18. The van der Waals surface area contributed by atoms with E-state index < -0.39 is 8.32 Å². The van der Waals surface area contributed by atoms with Gasteiger partial charge in [-0.3, -0.25) is 0 Å². The molecule has 1 aromatic carbocycles. The van der Waals surface area contributed by atoms with Gasteiger partial charge < -0.3 is 9.74 Å². The summed E-state index contributed by atoms with van der Waals surface area (Å²) in [5.41, 5.74) is 1.11. The molecule has 2 nitrogen and oxygen atoms in total. The number of rotatable bonds is 3. The SMILES string of the molecule is CNc1ccc(O[Si](C)(C)C(C)(C)C)cc1. The average Bonchev–Trinajstić information content (AvgIpc) is 2.16. The Morgan fingerprint density at radius 3 is 1.94 bits per heavy atom. The van der Waals surface area contributed by atoms with E-state index in [2.05, 4.69) is 39.2 Å². The summed E-state index contributed by atoms with van der Waals surface area (Å²) in [4.78, 5) is 0. The molecule has 16 heavy (non-hydrogen) atoms. The van der Waals surface area contributed by atoms with Crippen LogP contribution in [0.3, 0.4) is 0 Å². The first kappa shape index (κ1) is 13.1. The van der Waals surface area contributed by atoms with E-state index in [0.717, 1.165) is 11.4 Å². The predicted octanol–water partition coefficient (Wildman–Crippen LogP) is 4.11. The zero-order valence-electron chi connectivity index (χ0n) is 11.2. The zero-order chi connectivity index (χ0) is 12.4. The first-order valence-corrected chi connectivity index (χ1v) is 8.64. The van der Waals surface area contributed by atoms with E-state index in [1.807, 2.05) is 31.3 Å². The van der Waals surface area contributed by atoms with E-state index in [-0.39, 0.29) is 5.04 Å². The molecule has 0 atom stereocenters. The molecule has 0 aliphatic rings. The fourth-order valence-corrected chi connectivity index (χ4v) is 2.17. The second-order valence-corrected chi connectivity index (χ2v) is 10.4. The molecule has 1 rings (SSSR count). The molecule has 1 N–H and O–H groups in total. The molecule has 0 unspecified atom stereocenters.